The molecule has 0 aliphatic carbocycles. The van der Waals surface area contributed by atoms with Crippen molar-refractivity contribution < 1.29 is 4.74 Å². The highest BCUT2D eigenvalue weighted by Crippen LogP contribution is 2.32. The Kier molecular flexibility index (Phi) is 3.72. The number of rotatable bonds is 4. The molecule has 0 amide bonds. The zero-order chi connectivity index (χ0) is 12.3. The molecule has 0 saturated carbocycles. The van der Waals surface area contributed by atoms with E-state index in [1.807, 2.05) is 6.07 Å². The molecule has 1 heterocycles. The van der Waals surface area contributed by atoms with Gasteiger partial charge in [-0.25, -0.2) is 0 Å². The van der Waals surface area contributed by atoms with Gasteiger partial charge in [0.1, 0.15) is 5.75 Å². The highest BCUT2D eigenvalue weighted by atomic mass is 16.5. The van der Waals surface area contributed by atoms with Crippen molar-refractivity contribution in [2.45, 2.75) is 38.6 Å². The molecule has 0 bridgehead atoms. The fraction of sp³-hybridized carbons (Fsp3) is 0.600. The summed E-state index contributed by atoms with van der Waals surface area (Å²) in [6.45, 7) is 5.79. The number of methoxy groups -OCH3 is 1. The fourth-order valence-electron chi connectivity index (χ4n) is 2.82. The zero-order valence-corrected chi connectivity index (χ0v) is 11.1. The summed E-state index contributed by atoms with van der Waals surface area (Å²) >= 11 is 0. The number of hydrogen-bond donors (Lipinski definition) is 1. The number of benzene rings is 1. The van der Waals surface area contributed by atoms with E-state index in [0.717, 1.165) is 18.7 Å². The number of nitrogens with one attached hydrogen (secondary N) is 1. The molecule has 0 spiro atoms. The maximum Gasteiger partial charge on any atom is 0.119 e. The third-order valence-corrected chi connectivity index (χ3v) is 4.04. The first-order valence-corrected chi connectivity index (χ1v) is 6.54. The normalized spacial score (nSPS) is 24.2. The van der Waals surface area contributed by atoms with Gasteiger partial charge in [-0.15, -0.1) is 0 Å². The van der Waals surface area contributed by atoms with E-state index in [2.05, 4.69) is 37.4 Å². The van der Waals surface area contributed by atoms with E-state index in [4.69, 9.17) is 4.74 Å². The van der Waals surface area contributed by atoms with Gasteiger partial charge in [0.25, 0.3) is 0 Å². The molecule has 1 aliphatic heterocycles. The van der Waals surface area contributed by atoms with Gasteiger partial charge in [0.15, 0.2) is 0 Å². The van der Waals surface area contributed by atoms with Crippen LogP contribution in [0.1, 0.15) is 32.3 Å². The van der Waals surface area contributed by atoms with E-state index in [0.29, 0.717) is 5.92 Å². The molecule has 1 aliphatic rings. The van der Waals surface area contributed by atoms with E-state index in [-0.39, 0.29) is 5.54 Å². The Morgan fingerprint density at radius 1 is 1.41 bits per heavy atom. The summed E-state index contributed by atoms with van der Waals surface area (Å²) in [7, 11) is 1.73. The molecule has 1 atom stereocenters. The van der Waals surface area contributed by atoms with Crippen LogP contribution < -0.4 is 10.1 Å². The molecule has 1 aromatic rings. The minimum Gasteiger partial charge on any atom is -0.497 e. The average molecular weight is 233 g/mol. The standard InChI is InChI=1S/C15H23NO/c1-12(2)15(8-5-9-16-15)11-13-6-4-7-14(10-13)17-3/h4,6-7,10,12,16H,5,8-9,11H2,1-3H3. The molecule has 94 valence electrons. The molecule has 1 N–H and O–H groups in total. The Labute approximate surface area is 104 Å². The lowest BCUT2D eigenvalue weighted by molar-refractivity contribution is 0.269. The number of ether oxygens (including phenoxy) is 1. The highest BCUT2D eigenvalue weighted by molar-refractivity contribution is 5.30. The Hall–Kier alpha value is -1.02. The van der Waals surface area contributed by atoms with Gasteiger partial charge in [-0.2, -0.15) is 0 Å². The second kappa shape index (κ2) is 5.09. The van der Waals surface area contributed by atoms with Crippen LogP contribution in [-0.4, -0.2) is 19.2 Å². The van der Waals surface area contributed by atoms with Crippen molar-refractivity contribution in [1.29, 1.82) is 0 Å². The minimum atomic E-state index is 0.284. The summed E-state index contributed by atoms with van der Waals surface area (Å²) in [5.74, 6) is 1.62. The van der Waals surface area contributed by atoms with Gasteiger partial charge in [0, 0.05) is 5.54 Å². The van der Waals surface area contributed by atoms with Crippen LogP contribution in [0.25, 0.3) is 0 Å². The first kappa shape index (κ1) is 12.4. The summed E-state index contributed by atoms with van der Waals surface area (Å²) in [5.41, 5.74) is 1.65. The van der Waals surface area contributed by atoms with E-state index in [9.17, 15) is 0 Å². The van der Waals surface area contributed by atoms with Crippen molar-refractivity contribution in [3.05, 3.63) is 29.8 Å². The topological polar surface area (TPSA) is 21.3 Å². The van der Waals surface area contributed by atoms with Gasteiger partial charge in [-0.05, 0) is 49.4 Å². The maximum absolute atomic E-state index is 5.29. The molecule has 2 heteroatoms. The predicted octanol–water partition coefficient (Wildman–Crippen LogP) is 3.02. The van der Waals surface area contributed by atoms with Crippen molar-refractivity contribution in [3.8, 4) is 5.75 Å². The summed E-state index contributed by atoms with van der Waals surface area (Å²) in [6.07, 6.45) is 3.67. The summed E-state index contributed by atoms with van der Waals surface area (Å²) in [5, 5.41) is 3.71. The van der Waals surface area contributed by atoms with Crippen LogP contribution in [-0.2, 0) is 6.42 Å². The van der Waals surface area contributed by atoms with Gasteiger partial charge in [-0.1, -0.05) is 26.0 Å². The molecule has 1 aromatic carbocycles. The van der Waals surface area contributed by atoms with E-state index >= 15 is 0 Å². The minimum absolute atomic E-state index is 0.284. The van der Waals surface area contributed by atoms with Crippen molar-refractivity contribution in [1.82, 2.24) is 5.32 Å². The van der Waals surface area contributed by atoms with Crippen LogP contribution in [0.5, 0.6) is 5.75 Å². The third kappa shape index (κ3) is 2.63. The van der Waals surface area contributed by atoms with Gasteiger partial charge in [0.05, 0.1) is 7.11 Å². The highest BCUT2D eigenvalue weighted by Gasteiger charge is 2.36. The quantitative estimate of drug-likeness (QED) is 0.863. The second-order valence-corrected chi connectivity index (χ2v) is 5.37. The van der Waals surface area contributed by atoms with Crippen molar-refractivity contribution in [2.75, 3.05) is 13.7 Å². The van der Waals surface area contributed by atoms with Crippen molar-refractivity contribution in [3.63, 3.8) is 0 Å². The van der Waals surface area contributed by atoms with Crippen LogP contribution in [0.4, 0.5) is 0 Å². The van der Waals surface area contributed by atoms with Crippen LogP contribution in [0.15, 0.2) is 24.3 Å². The molecule has 1 fully saturated rings. The molecule has 17 heavy (non-hydrogen) atoms. The molecule has 1 saturated heterocycles. The van der Waals surface area contributed by atoms with Crippen LogP contribution in [0, 0.1) is 5.92 Å². The summed E-state index contributed by atoms with van der Waals surface area (Å²) < 4.78 is 5.29. The van der Waals surface area contributed by atoms with Crippen LogP contribution in [0.3, 0.4) is 0 Å². The Bertz CT molecular complexity index is 367. The Morgan fingerprint density at radius 2 is 2.24 bits per heavy atom. The molecular formula is C15H23NO. The molecule has 2 nitrogen and oxygen atoms in total. The average Bonchev–Trinajstić information content (AvgIpc) is 2.79. The van der Waals surface area contributed by atoms with Crippen molar-refractivity contribution >= 4 is 0 Å². The van der Waals surface area contributed by atoms with Crippen LogP contribution in [0.2, 0.25) is 0 Å². The van der Waals surface area contributed by atoms with E-state index in [1.54, 1.807) is 7.11 Å². The first-order valence-electron chi connectivity index (χ1n) is 6.54. The SMILES string of the molecule is COc1cccc(CC2(C(C)C)CCCN2)c1. The molecular weight excluding hydrogens is 210 g/mol. The zero-order valence-electron chi connectivity index (χ0n) is 11.1. The lowest BCUT2D eigenvalue weighted by Crippen LogP contribution is -2.46. The maximum atomic E-state index is 5.29. The lowest BCUT2D eigenvalue weighted by atomic mass is 9.80. The van der Waals surface area contributed by atoms with Crippen molar-refractivity contribution in [2.24, 2.45) is 5.92 Å². The molecule has 0 radical (unpaired) electrons. The molecule has 1 unspecified atom stereocenters. The van der Waals surface area contributed by atoms with Gasteiger partial charge in [0.2, 0.25) is 0 Å². The van der Waals surface area contributed by atoms with Gasteiger partial charge >= 0.3 is 0 Å². The van der Waals surface area contributed by atoms with E-state index < -0.39 is 0 Å². The first-order chi connectivity index (χ1) is 8.16. The Morgan fingerprint density at radius 3 is 2.82 bits per heavy atom. The Balaban J connectivity index is 2.17. The van der Waals surface area contributed by atoms with Crippen LogP contribution >= 0.6 is 0 Å². The van der Waals surface area contributed by atoms with E-state index in [1.165, 1.54) is 18.4 Å². The fourth-order valence-corrected chi connectivity index (χ4v) is 2.82. The summed E-state index contributed by atoms with van der Waals surface area (Å²) in [4.78, 5) is 0. The van der Waals surface area contributed by atoms with Gasteiger partial charge < -0.3 is 10.1 Å². The monoisotopic (exact) mass is 233 g/mol. The second-order valence-electron chi connectivity index (χ2n) is 5.37. The molecule has 0 aromatic heterocycles. The third-order valence-electron chi connectivity index (χ3n) is 4.04. The summed E-state index contributed by atoms with van der Waals surface area (Å²) in [6, 6.07) is 8.45. The van der Waals surface area contributed by atoms with Gasteiger partial charge in [-0.3, -0.25) is 0 Å². The molecule has 2 rings (SSSR count). The smallest absolute Gasteiger partial charge is 0.119 e. The number of hydrogen-bond acceptors (Lipinski definition) is 2. The largest absolute Gasteiger partial charge is 0.497 e. The predicted molar refractivity (Wildman–Crippen MR) is 71.5 cm³/mol. The lowest BCUT2D eigenvalue weighted by Gasteiger charge is -2.34.